The number of anilines is 1. The number of pyridine rings is 2. The van der Waals surface area contributed by atoms with E-state index in [0.29, 0.717) is 22.6 Å². The molecule has 26 heavy (non-hydrogen) atoms. The zero-order valence-electron chi connectivity index (χ0n) is 15.0. The van der Waals surface area contributed by atoms with Gasteiger partial charge in [-0.05, 0) is 24.3 Å². The molecule has 5 heteroatoms. The largest absolute Gasteiger partial charge is 0.383 e. The molecule has 3 nitrogen and oxygen atoms in total. The summed E-state index contributed by atoms with van der Waals surface area (Å²) in [6, 6.07) is 12.1. The molecule has 2 N–H and O–H groups in total. The van der Waals surface area contributed by atoms with Crippen LogP contribution in [0.1, 0.15) is 5.56 Å². The quantitative estimate of drug-likeness (QED) is 0.529. The van der Waals surface area contributed by atoms with Gasteiger partial charge in [0, 0.05) is 29.1 Å². The minimum Gasteiger partial charge on any atom is -0.383 e. The Morgan fingerprint density at radius 1 is 1.04 bits per heavy atom. The zero-order chi connectivity index (χ0) is 18.7. The third-order valence-electron chi connectivity index (χ3n) is 3.69. The molecular weight excluding hydrogens is 341 g/mol. The lowest BCUT2D eigenvalue weighted by Crippen LogP contribution is -2.16. The van der Waals surface area contributed by atoms with Crippen molar-refractivity contribution in [2.45, 2.75) is 19.6 Å². The lowest BCUT2D eigenvalue weighted by molar-refractivity contribution is 0.628. The normalized spacial score (nSPS) is 10.9. The van der Waals surface area contributed by atoms with E-state index in [9.17, 15) is 4.39 Å². The number of halogens is 1. The highest BCUT2D eigenvalue weighted by Crippen LogP contribution is 2.33. The van der Waals surface area contributed by atoms with Crippen molar-refractivity contribution in [3.8, 4) is 33.8 Å². The molecule has 0 atom stereocenters. The van der Waals surface area contributed by atoms with Gasteiger partial charge >= 0.3 is 0 Å². The molecule has 0 aliphatic carbocycles. The van der Waals surface area contributed by atoms with Crippen LogP contribution in [0.2, 0.25) is 19.6 Å². The van der Waals surface area contributed by atoms with Gasteiger partial charge in [-0.3, -0.25) is 4.98 Å². The molecule has 3 aromatic rings. The summed E-state index contributed by atoms with van der Waals surface area (Å²) in [7, 11) is -1.55. The van der Waals surface area contributed by atoms with E-state index >= 15 is 0 Å². The SMILES string of the molecule is C[Si](C)(C)C#Cc1cc(-c2cccnc2)c(-c2cccc(F)c2)nc1N. The van der Waals surface area contributed by atoms with Crippen molar-refractivity contribution in [2.24, 2.45) is 0 Å². The fourth-order valence-electron chi connectivity index (χ4n) is 2.48. The Kier molecular flexibility index (Phi) is 4.87. The van der Waals surface area contributed by atoms with Crippen LogP contribution in [-0.2, 0) is 0 Å². The van der Waals surface area contributed by atoms with Crippen molar-refractivity contribution >= 4 is 13.9 Å². The predicted molar refractivity (Wildman–Crippen MR) is 107 cm³/mol. The second kappa shape index (κ2) is 7.10. The summed E-state index contributed by atoms with van der Waals surface area (Å²) in [6.07, 6.45) is 3.47. The maximum absolute atomic E-state index is 13.7. The second-order valence-corrected chi connectivity index (χ2v) is 11.8. The lowest BCUT2D eigenvalue weighted by atomic mass is 9.98. The highest BCUT2D eigenvalue weighted by Gasteiger charge is 2.14. The van der Waals surface area contributed by atoms with Crippen molar-refractivity contribution in [1.82, 2.24) is 9.97 Å². The molecule has 0 bridgehead atoms. The van der Waals surface area contributed by atoms with E-state index in [1.165, 1.54) is 12.1 Å². The predicted octanol–water partition coefficient (Wildman–Crippen LogP) is 4.76. The highest BCUT2D eigenvalue weighted by atomic mass is 28.3. The van der Waals surface area contributed by atoms with Crippen LogP contribution >= 0.6 is 0 Å². The highest BCUT2D eigenvalue weighted by molar-refractivity contribution is 6.83. The minimum atomic E-state index is -1.55. The second-order valence-electron chi connectivity index (χ2n) is 7.07. The Morgan fingerprint density at radius 2 is 1.81 bits per heavy atom. The molecule has 130 valence electrons. The zero-order valence-corrected chi connectivity index (χ0v) is 16.0. The summed E-state index contributed by atoms with van der Waals surface area (Å²) in [5.41, 5.74) is 13.2. The van der Waals surface area contributed by atoms with E-state index < -0.39 is 8.07 Å². The minimum absolute atomic E-state index is 0.317. The molecule has 0 saturated heterocycles. The van der Waals surface area contributed by atoms with Crippen LogP contribution in [-0.4, -0.2) is 18.0 Å². The van der Waals surface area contributed by atoms with Crippen molar-refractivity contribution in [3.05, 3.63) is 66.2 Å². The Bertz CT molecular complexity index is 999. The average Bonchev–Trinajstić information content (AvgIpc) is 2.60. The molecule has 2 aromatic heterocycles. The van der Waals surface area contributed by atoms with Crippen LogP contribution in [0, 0.1) is 17.3 Å². The Morgan fingerprint density at radius 3 is 2.46 bits per heavy atom. The van der Waals surface area contributed by atoms with Crippen LogP contribution in [0.3, 0.4) is 0 Å². The number of hydrogen-bond donors (Lipinski definition) is 1. The van der Waals surface area contributed by atoms with Gasteiger partial charge < -0.3 is 5.73 Å². The average molecular weight is 361 g/mol. The Balaban J connectivity index is 2.24. The molecule has 0 amide bonds. The first-order chi connectivity index (χ1) is 12.3. The maximum atomic E-state index is 13.7. The van der Waals surface area contributed by atoms with Crippen LogP contribution in [0.15, 0.2) is 54.9 Å². The summed E-state index contributed by atoms with van der Waals surface area (Å²) in [4.78, 5) is 8.75. The maximum Gasteiger partial charge on any atom is 0.139 e. The number of rotatable bonds is 2. The van der Waals surface area contributed by atoms with Crippen LogP contribution < -0.4 is 5.73 Å². The third-order valence-corrected chi connectivity index (χ3v) is 4.57. The van der Waals surface area contributed by atoms with Crippen LogP contribution in [0.25, 0.3) is 22.4 Å². The number of nitrogen functional groups attached to an aromatic ring is 1. The monoisotopic (exact) mass is 361 g/mol. The standard InChI is InChI=1S/C21H20FN3Si/c1-26(2,3)11-9-16-13-19(17-7-5-10-24-14-17)20(25-21(16)23)15-6-4-8-18(22)12-15/h4-8,10,12-14H,1-3H3,(H2,23,25). The van der Waals surface area contributed by atoms with E-state index in [1.807, 2.05) is 24.3 Å². The first kappa shape index (κ1) is 17.8. The Hall–Kier alpha value is -2.97. The fourth-order valence-corrected chi connectivity index (χ4v) is 2.99. The molecular formula is C21H20FN3Si. The molecule has 0 aliphatic rings. The molecule has 1 aromatic carbocycles. The molecule has 0 aliphatic heterocycles. The topological polar surface area (TPSA) is 51.8 Å². The van der Waals surface area contributed by atoms with Crippen molar-refractivity contribution in [1.29, 1.82) is 0 Å². The summed E-state index contributed by atoms with van der Waals surface area (Å²) in [5.74, 6) is 3.22. The van der Waals surface area contributed by atoms with E-state index in [1.54, 1.807) is 18.5 Å². The van der Waals surface area contributed by atoms with Crippen LogP contribution in [0.4, 0.5) is 10.2 Å². The smallest absolute Gasteiger partial charge is 0.139 e. The number of nitrogens with two attached hydrogens (primary N) is 1. The molecule has 3 rings (SSSR count). The molecule has 0 unspecified atom stereocenters. The first-order valence-corrected chi connectivity index (χ1v) is 11.8. The molecule has 0 radical (unpaired) electrons. The fraction of sp³-hybridized carbons (Fsp3) is 0.143. The third kappa shape index (κ3) is 4.16. The number of aromatic nitrogens is 2. The van der Waals surface area contributed by atoms with Gasteiger partial charge in [-0.1, -0.05) is 43.8 Å². The van der Waals surface area contributed by atoms with Crippen molar-refractivity contribution in [3.63, 3.8) is 0 Å². The first-order valence-electron chi connectivity index (χ1n) is 8.33. The van der Waals surface area contributed by atoms with E-state index in [0.717, 1.165) is 11.1 Å². The lowest BCUT2D eigenvalue weighted by Gasteiger charge is -2.12. The van der Waals surface area contributed by atoms with E-state index in [4.69, 9.17) is 5.73 Å². The van der Waals surface area contributed by atoms with Gasteiger partial charge in [0.05, 0.1) is 11.3 Å². The summed E-state index contributed by atoms with van der Waals surface area (Å²) in [5, 5.41) is 0. The van der Waals surface area contributed by atoms with Gasteiger partial charge in [-0.2, -0.15) is 0 Å². The number of nitrogens with zero attached hydrogens (tertiary/aromatic N) is 2. The summed E-state index contributed by atoms with van der Waals surface area (Å²) in [6.45, 7) is 6.52. The Labute approximate surface area is 154 Å². The molecule has 0 spiro atoms. The van der Waals surface area contributed by atoms with Crippen molar-refractivity contribution < 1.29 is 4.39 Å². The van der Waals surface area contributed by atoms with Crippen molar-refractivity contribution in [2.75, 3.05) is 5.73 Å². The van der Waals surface area contributed by atoms with Gasteiger partial charge in [0.15, 0.2) is 0 Å². The molecule has 0 saturated carbocycles. The van der Waals surface area contributed by atoms with Gasteiger partial charge in [-0.15, -0.1) is 5.54 Å². The number of benzene rings is 1. The molecule has 0 fully saturated rings. The summed E-state index contributed by atoms with van der Waals surface area (Å²) < 4.78 is 13.7. The van der Waals surface area contributed by atoms with Gasteiger partial charge in [0.2, 0.25) is 0 Å². The summed E-state index contributed by atoms with van der Waals surface area (Å²) >= 11 is 0. The van der Waals surface area contributed by atoms with E-state index in [2.05, 4.69) is 41.1 Å². The van der Waals surface area contributed by atoms with Gasteiger partial charge in [-0.25, -0.2) is 9.37 Å². The number of hydrogen-bond acceptors (Lipinski definition) is 3. The van der Waals surface area contributed by atoms with Crippen LogP contribution in [0.5, 0.6) is 0 Å². The van der Waals surface area contributed by atoms with E-state index in [-0.39, 0.29) is 5.82 Å². The van der Waals surface area contributed by atoms with Gasteiger partial charge in [0.25, 0.3) is 0 Å². The van der Waals surface area contributed by atoms with Gasteiger partial charge in [0.1, 0.15) is 19.7 Å². The molecule has 2 heterocycles.